The zero-order chi connectivity index (χ0) is 16.8. The van der Waals surface area contributed by atoms with Crippen LogP contribution in [0.1, 0.15) is 17.7 Å². The SMILES string of the molecule is CSC(C(=O)Oc1ccccc1)c1cc(OC(C)=O)ccc1N. The van der Waals surface area contributed by atoms with Gasteiger partial charge in [-0.05, 0) is 36.6 Å². The van der Waals surface area contributed by atoms with Crippen LogP contribution in [0.5, 0.6) is 11.5 Å². The molecule has 1 unspecified atom stereocenters. The summed E-state index contributed by atoms with van der Waals surface area (Å²) in [5.74, 6) is -0.0665. The summed E-state index contributed by atoms with van der Waals surface area (Å²) in [5.41, 5.74) is 6.95. The topological polar surface area (TPSA) is 78.6 Å². The average Bonchev–Trinajstić information content (AvgIpc) is 2.51. The summed E-state index contributed by atoms with van der Waals surface area (Å²) in [6, 6.07) is 13.6. The van der Waals surface area contributed by atoms with E-state index in [4.69, 9.17) is 15.2 Å². The molecule has 0 saturated carbocycles. The van der Waals surface area contributed by atoms with Gasteiger partial charge in [-0.2, -0.15) is 0 Å². The first-order valence-corrected chi connectivity index (χ1v) is 8.17. The molecule has 0 aromatic heterocycles. The quantitative estimate of drug-likeness (QED) is 0.515. The first-order valence-electron chi connectivity index (χ1n) is 6.88. The summed E-state index contributed by atoms with van der Waals surface area (Å²) in [4.78, 5) is 23.5. The van der Waals surface area contributed by atoms with E-state index in [1.165, 1.54) is 18.7 Å². The number of esters is 2. The number of hydrogen-bond donors (Lipinski definition) is 1. The number of carbonyl (C=O) groups excluding carboxylic acids is 2. The van der Waals surface area contributed by atoms with Crippen molar-refractivity contribution in [1.29, 1.82) is 0 Å². The average molecular weight is 331 g/mol. The van der Waals surface area contributed by atoms with E-state index in [0.29, 0.717) is 22.7 Å². The lowest BCUT2D eigenvalue weighted by atomic mass is 10.1. The summed E-state index contributed by atoms with van der Waals surface area (Å²) < 4.78 is 10.4. The third-order valence-corrected chi connectivity index (χ3v) is 3.93. The van der Waals surface area contributed by atoms with E-state index >= 15 is 0 Å². The molecule has 0 bridgehead atoms. The van der Waals surface area contributed by atoms with Crippen LogP contribution in [0.15, 0.2) is 48.5 Å². The zero-order valence-electron chi connectivity index (χ0n) is 12.8. The Morgan fingerprint density at radius 2 is 1.74 bits per heavy atom. The number of nitrogen functional groups attached to an aromatic ring is 1. The predicted octanol–water partition coefficient (Wildman–Crippen LogP) is 3.20. The van der Waals surface area contributed by atoms with Gasteiger partial charge in [-0.3, -0.25) is 9.59 Å². The van der Waals surface area contributed by atoms with Gasteiger partial charge < -0.3 is 15.2 Å². The lowest BCUT2D eigenvalue weighted by Crippen LogP contribution is -2.17. The summed E-state index contributed by atoms with van der Waals surface area (Å²) >= 11 is 1.30. The Labute approximate surface area is 138 Å². The number of thioether (sulfide) groups is 1. The Morgan fingerprint density at radius 1 is 1.04 bits per heavy atom. The summed E-state index contributed by atoms with van der Waals surface area (Å²) in [5, 5.41) is -0.620. The van der Waals surface area contributed by atoms with Crippen LogP contribution >= 0.6 is 11.8 Å². The molecular weight excluding hydrogens is 314 g/mol. The normalized spacial score (nSPS) is 11.6. The van der Waals surface area contributed by atoms with E-state index in [-0.39, 0.29) is 0 Å². The molecule has 2 aromatic carbocycles. The Morgan fingerprint density at radius 3 is 2.35 bits per heavy atom. The number of para-hydroxylation sites is 1. The number of ether oxygens (including phenoxy) is 2. The fourth-order valence-corrected chi connectivity index (χ4v) is 2.72. The van der Waals surface area contributed by atoms with E-state index in [0.717, 1.165) is 0 Å². The van der Waals surface area contributed by atoms with Crippen LogP contribution in [0, 0.1) is 0 Å². The summed E-state index contributed by atoms with van der Waals surface area (Å²) in [6.07, 6.45) is 1.79. The first kappa shape index (κ1) is 16.9. The van der Waals surface area contributed by atoms with E-state index < -0.39 is 17.2 Å². The molecule has 1 atom stereocenters. The summed E-state index contributed by atoms with van der Waals surface area (Å²) in [6.45, 7) is 1.31. The smallest absolute Gasteiger partial charge is 0.329 e. The van der Waals surface area contributed by atoms with Gasteiger partial charge in [-0.25, -0.2) is 0 Å². The molecule has 0 saturated heterocycles. The van der Waals surface area contributed by atoms with Crippen LogP contribution in [0.4, 0.5) is 5.69 Å². The van der Waals surface area contributed by atoms with Gasteiger partial charge in [0.1, 0.15) is 16.7 Å². The van der Waals surface area contributed by atoms with Crippen molar-refractivity contribution in [1.82, 2.24) is 0 Å². The highest BCUT2D eigenvalue weighted by Gasteiger charge is 2.24. The van der Waals surface area contributed by atoms with Crippen molar-refractivity contribution >= 4 is 29.4 Å². The highest BCUT2D eigenvalue weighted by Crippen LogP contribution is 2.35. The predicted molar refractivity (Wildman–Crippen MR) is 90.5 cm³/mol. The van der Waals surface area contributed by atoms with Gasteiger partial charge in [0.2, 0.25) is 0 Å². The minimum atomic E-state index is -0.620. The molecule has 0 aliphatic rings. The Balaban J connectivity index is 2.25. The number of benzene rings is 2. The maximum Gasteiger partial charge on any atom is 0.329 e. The molecule has 0 aliphatic carbocycles. The largest absolute Gasteiger partial charge is 0.427 e. The van der Waals surface area contributed by atoms with Gasteiger partial charge in [0, 0.05) is 18.2 Å². The molecule has 5 nitrogen and oxygen atoms in total. The van der Waals surface area contributed by atoms with Crippen molar-refractivity contribution in [3.8, 4) is 11.5 Å². The van der Waals surface area contributed by atoms with E-state index in [1.807, 2.05) is 6.07 Å². The van der Waals surface area contributed by atoms with Crippen LogP contribution in [0.3, 0.4) is 0 Å². The number of anilines is 1. The Hall–Kier alpha value is -2.47. The number of nitrogens with two attached hydrogens (primary N) is 1. The maximum atomic E-state index is 12.4. The standard InChI is InChI=1S/C17H17NO4S/c1-11(19)21-13-8-9-15(18)14(10-13)16(23-2)17(20)22-12-6-4-3-5-7-12/h3-10,16H,18H2,1-2H3. The number of carbonyl (C=O) groups is 2. The third-order valence-electron chi connectivity index (χ3n) is 3.01. The second-order valence-corrected chi connectivity index (χ2v) is 5.68. The van der Waals surface area contributed by atoms with Crippen molar-refractivity contribution in [3.63, 3.8) is 0 Å². The van der Waals surface area contributed by atoms with Gasteiger partial charge in [0.05, 0.1) is 0 Å². The zero-order valence-corrected chi connectivity index (χ0v) is 13.6. The van der Waals surface area contributed by atoms with Gasteiger partial charge >= 0.3 is 11.9 Å². The lowest BCUT2D eigenvalue weighted by Gasteiger charge is -2.17. The Kier molecular flexibility index (Phi) is 5.65. The minimum Gasteiger partial charge on any atom is -0.427 e. The maximum absolute atomic E-state index is 12.4. The molecule has 0 fully saturated rings. The van der Waals surface area contributed by atoms with Crippen molar-refractivity contribution in [2.45, 2.75) is 12.2 Å². The van der Waals surface area contributed by atoms with Crippen molar-refractivity contribution < 1.29 is 19.1 Å². The van der Waals surface area contributed by atoms with Crippen LogP contribution in [-0.4, -0.2) is 18.2 Å². The van der Waals surface area contributed by atoms with Crippen LogP contribution in [-0.2, 0) is 9.59 Å². The molecule has 2 aromatic rings. The highest BCUT2D eigenvalue weighted by molar-refractivity contribution is 7.99. The van der Waals surface area contributed by atoms with Crippen molar-refractivity contribution in [3.05, 3.63) is 54.1 Å². The molecule has 0 heterocycles. The van der Waals surface area contributed by atoms with Gasteiger partial charge in [0.15, 0.2) is 0 Å². The molecule has 23 heavy (non-hydrogen) atoms. The molecule has 2 N–H and O–H groups in total. The molecule has 120 valence electrons. The second-order valence-electron chi connectivity index (χ2n) is 4.73. The van der Waals surface area contributed by atoms with E-state index in [2.05, 4.69) is 0 Å². The number of rotatable bonds is 5. The molecule has 0 radical (unpaired) electrons. The minimum absolute atomic E-state index is 0.341. The van der Waals surface area contributed by atoms with Crippen molar-refractivity contribution in [2.24, 2.45) is 0 Å². The molecule has 0 amide bonds. The van der Waals surface area contributed by atoms with Crippen LogP contribution in [0.2, 0.25) is 0 Å². The fraction of sp³-hybridized carbons (Fsp3) is 0.176. The fourth-order valence-electron chi connectivity index (χ4n) is 2.02. The van der Waals surface area contributed by atoms with E-state index in [9.17, 15) is 9.59 Å². The van der Waals surface area contributed by atoms with Gasteiger partial charge in [-0.1, -0.05) is 18.2 Å². The number of hydrogen-bond acceptors (Lipinski definition) is 6. The van der Waals surface area contributed by atoms with E-state index in [1.54, 1.807) is 48.7 Å². The monoisotopic (exact) mass is 331 g/mol. The van der Waals surface area contributed by atoms with Gasteiger partial charge in [0.25, 0.3) is 0 Å². The first-order chi connectivity index (χ1) is 11.0. The third kappa shape index (κ3) is 4.50. The molecule has 6 heteroatoms. The molecule has 2 rings (SSSR count). The molecular formula is C17H17NO4S. The summed E-state index contributed by atoms with van der Waals surface area (Å²) in [7, 11) is 0. The van der Waals surface area contributed by atoms with Crippen LogP contribution < -0.4 is 15.2 Å². The van der Waals surface area contributed by atoms with Crippen LogP contribution in [0.25, 0.3) is 0 Å². The lowest BCUT2D eigenvalue weighted by molar-refractivity contribution is -0.134. The molecule has 0 aliphatic heterocycles. The molecule has 0 spiro atoms. The van der Waals surface area contributed by atoms with Gasteiger partial charge in [-0.15, -0.1) is 11.8 Å². The van der Waals surface area contributed by atoms with Crippen molar-refractivity contribution in [2.75, 3.05) is 12.0 Å². The Bertz CT molecular complexity index is 703. The highest BCUT2D eigenvalue weighted by atomic mass is 32.2. The second kappa shape index (κ2) is 7.69.